The molecule has 0 spiro atoms. The summed E-state index contributed by atoms with van der Waals surface area (Å²) in [6.07, 6.45) is 1.15. The van der Waals surface area contributed by atoms with E-state index in [2.05, 4.69) is 29.1 Å². The maximum atomic E-state index is 5.34. The van der Waals surface area contributed by atoms with Crippen LogP contribution in [0.5, 0.6) is 0 Å². The highest BCUT2D eigenvalue weighted by molar-refractivity contribution is 8.13. The van der Waals surface area contributed by atoms with Crippen LogP contribution in [0, 0.1) is 5.92 Å². The van der Waals surface area contributed by atoms with Crippen LogP contribution < -0.4 is 5.32 Å². The van der Waals surface area contributed by atoms with Gasteiger partial charge in [-0.25, -0.2) is 0 Å². The number of nitrogens with one attached hydrogen (secondary N) is 1. The van der Waals surface area contributed by atoms with E-state index in [-0.39, 0.29) is 0 Å². The molecule has 104 valence electrons. The number of amidine groups is 1. The van der Waals surface area contributed by atoms with Gasteiger partial charge in [-0.15, -0.1) is 0 Å². The van der Waals surface area contributed by atoms with Crippen LogP contribution in [0.15, 0.2) is 4.99 Å². The number of hydrogen-bond acceptors (Lipinski definition) is 4. The van der Waals surface area contributed by atoms with E-state index in [1.54, 1.807) is 0 Å². The van der Waals surface area contributed by atoms with E-state index in [4.69, 9.17) is 4.74 Å². The summed E-state index contributed by atoms with van der Waals surface area (Å²) < 4.78 is 5.34. The molecule has 18 heavy (non-hydrogen) atoms. The lowest BCUT2D eigenvalue weighted by Gasteiger charge is -2.28. The van der Waals surface area contributed by atoms with Crippen molar-refractivity contribution >= 4 is 16.9 Å². The van der Waals surface area contributed by atoms with E-state index in [0.717, 1.165) is 56.9 Å². The van der Waals surface area contributed by atoms with Gasteiger partial charge in [0.1, 0.15) is 0 Å². The fraction of sp³-hybridized carbons (Fsp3) is 0.923. The fourth-order valence-corrected chi connectivity index (χ4v) is 3.29. The lowest BCUT2D eigenvalue weighted by Crippen LogP contribution is -2.41. The minimum Gasteiger partial charge on any atom is -0.379 e. The van der Waals surface area contributed by atoms with E-state index >= 15 is 0 Å². The average Bonchev–Trinajstić information content (AvgIpc) is 2.40. The molecule has 2 aliphatic rings. The molecule has 0 radical (unpaired) electrons. The summed E-state index contributed by atoms with van der Waals surface area (Å²) in [4.78, 5) is 7.13. The number of thioether (sulfide) groups is 1. The molecular formula is C13H25N3OS. The number of nitrogens with zero attached hydrogens (tertiary/aromatic N) is 2. The lowest BCUT2D eigenvalue weighted by molar-refractivity contribution is 0.0377. The zero-order valence-corrected chi connectivity index (χ0v) is 12.3. The van der Waals surface area contributed by atoms with E-state index < -0.39 is 0 Å². The summed E-state index contributed by atoms with van der Waals surface area (Å²) in [5.41, 5.74) is 0. The van der Waals surface area contributed by atoms with Gasteiger partial charge in [0.25, 0.3) is 0 Å². The van der Waals surface area contributed by atoms with Crippen LogP contribution in [0.4, 0.5) is 0 Å². The Balaban J connectivity index is 1.62. The first-order valence-corrected chi connectivity index (χ1v) is 7.98. The van der Waals surface area contributed by atoms with Crippen molar-refractivity contribution in [2.24, 2.45) is 10.9 Å². The number of rotatable bonds is 4. The first-order chi connectivity index (χ1) is 8.75. The SMILES string of the molecule is CC1CSC(=NCCCN2CCOCC2)NC1C. The Labute approximate surface area is 115 Å². The van der Waals surface area contributed by atoms with Gasteiger partial charge in [-0.05, 0) is 19.3 Å². The largest absolute Gasteiger partial charge is 0.379 e. The third kappa shape index (κ3) is 4.44. The Morgan fingerprint density at radius 2 is 2.17 bits per heavy atom. The van der Waals surface area contributed by atoms with Crippen LogP contribution in [0.1, 0.15) is 20.3 Å². The molecule has 2 heterocycles. The second kappa shape index (κ2) is 7.36. The van der Waals surface area contributed by atoms with Crippen LogP contribution in [0.3, 0.4) is 0 Å². The Morgan fingerprint density at radius 3 is 2.89 bits per heavy atom. The third-order valence-corrected chi connectivity index (χ3v) is 4.89. The zero-order valence-electron chi connectivity index (χ0n) is 11.5. The van der Waals surface area contributed by atoms with Crippen molar-refractivity contribution in [2.45, 2.75) is 26.3 Å². The Hall–Kier alpha value is -0.260. The van der Waals surface area contributed by atoms with Crippen molar-refractivity contribution in [2.75, 3.05) is 45.1 Å². The smallest absolute Gasteiger partial charge is 0.156 e. The molecule has 0 bridgehead atoms. The summed E-state index contributed by atoms with van der Waals surface area (Å²) in [6, 6.07) is 0.559. The number of aliphatic imine (C=N–C) groups is 1. The number of hydrogen-bond donors (Lipinski definition) is 1. The molecule has 2 fully saturated rings. The molecular weight excluding hydrogens is 246 g/mol. The van der Waals surface area contributed by atoms with Crippen LogP contribution in [0.25, 0.3) is 0 Å². The highest BCUT2D eigenvalue weighted by atomic mass is 32.2. The molecule has 0 saturated carbocycles. The second-order valence-electron chi connectivity index (χ2n) is 5.22. The summed E-state index contributed by atoms with van der Waals surface area (Å²) in [5.74, 6) is 1.93. The predicted octanol–water partition coefficient (Wildman–Crippen LogP) is 1.43. The van der Waals surface area contributed by atoms with Gasteiger partial charge >= 0.3 is 0 Å². The molecule has 0 aliphatic carbocycles. The van der Waals surface area contributed by atoms with Gasteiger partial charge in [-0.3, -0.25) is 9.89 Å². The average molecular weight is 271 g/mol. The van der Waals surface area contributed by atoms with Gasteiger partial charge in [0.15, 0.2) is 5.17 Å². The number of morpholine rings is 1. The molecule has 2 saturated heterocycles. The predicted molar refractivity (Wildman–Crippen MR) is 78.4 cm³/mol. The van der Waals surface area contributed by atoms with Crippen molar-refractivity contribution in [1.82, 2.24) is 10.2 Å². The molecule has 0 aromatic heterocycles. The lowest BCUT2D eigenvalue weighted by atomic mass is 10.1. The second-order valence-corrected chi connectivity index (χ2v) is 6.22. The molecule has 0 aromatic rings. The highest BCUT2D eigenvalue weighted by Crippen LogP contribution is 2.19. The molecule has 0 amide bonds. The van der Waals surface area contributed by atoms with Crippen molar-refractivity contribution < 1.29 is 4.74 Å². The summed E-state index contributed by atoms with van der Waals surface area (Å²) in [5, 5.41) is 4.63. The standard InChI is InChI=1S/C13H25N3OS/c1-11-10-18-13(15-12(11)2)14-4-3-5-16-6-8-17-9-7-16/h11-12H,3-10H2,1-2H3,(H,14,15). The Morgan fingerprint density at radius 1 is 1.39 bits per heavy atom. The van der Waals surface area contributed by atoms with Gasteiger partial charge in [0.2, 0.25) is 0 Å². The zero-order chi connectivity index (χ0) is 12.8. The fourth-order valence-electron chi connectivity index (χ4n) is 2.12. The number of ether oxygens (including phenoxy) is 1. The molecule has 5 heteroatoms. The quantitative estimate of drug-likeness (QED) is 0.785. The molecule has 0 aromatic carbocycles. The monoisotopic (exact) mass is 271 g/mol. The highest BCUT2D eigenvalue weighted by Gasteiger charge is 2.20. The van der Waals surface area contributed by atoms with Crippen molar-refractivity contribution in [3.8, 4) is 0 Å². The van der Waals surface area contributed by atoms with Gasteiger partial charge < -0.3 is 10.1 Å². The van der Waals surface area contributed by atoms with Crippen molar-refractivity contribution in [3.05, 3.63) is 0 Å². The minimum atomic E-state index is 0.559. The van der Waals surface area contributed by atoms with Crippen LogP contribution in [0.2, 0.25) is 0 Å². The van der Waals surface area contributed by atoms with Crippen LogP contribution in [-0.2, 0) is 4.74 Å². The van der Waals surface area contributed by atoms with E-state index in [0.29, 0.717) is 6.04 Å². The maximum absolute atomic E-state index is 5.34. The topological polar surface area (TPSA) is 36.9 Å². The maximum Gasteiger partial charge on any atom is 0.156 e. The minimum absolute atomic E-state index is 0.559. The van der Waals surface area contributed by atoms with Crippen molar-refractivity contribution in [3.63, 3.8) is 0 Å². The molecule has 2 rings (SSSR count). The molecule has 2 unspecified atom stereocenters. The first kappa shape index (κ1) is 14.2. The van der Waals surface area contributed by atoms with Gasteiger partial charge in [-0.2, -0.15) is 0 Å². The molecule has 2 aliphatic heterocycles. The van der Waals surface area contributed by atoms with E-state index in [1.807, 2.05) is 11.8 Å². The molecule has 2 atom stereocenters. The summed E-state index contributed by atoms with van der Waals surface area (Å²) in [6.45, 7) is 10.6. The van der Waals surface area contributed by atoms with E-state index in [9.17, 15) is 0 Å². The first-order valence-electron chi connectivity index (χ1n) is 6.99. The van der Waals surface area contributed by atoms with Gasteiger partial charge in [0.05, 0.1) is 13.2 Å². The molecule has 1 N–H and O–H groups in total. The summed E-state index contributed by atoms with van der Waals surface area (Å²) >= 11 is 1.87. The van der Waals surface area contributed by atoms with Crippen molar-refractivity contribution in [1.29, 1.82) is 0 Å². The Bertz CT molecular complexity index is 279. The van der Waals surface area contributed by atoms with Gasteiger partial charge in [-0.1, -0.05) is 18.7 Å². The van der Waals surface area contributed by atoms with E-state index in [1.165, 1.54) is 5.75 Å². The van der Waals surface area contributed by atoms with Crippen LogP contribution in [-0.4, -0.2) is 61.3 Å². The van der Waals surface area contributed by atoms with Gasteiger partial charge in [0, 0.05) is 38.0 Å². The molecule has 4 nitrogen and oxygen atoms in total. The third-order valence-electron chi connectivity index (χ3n) is 3.68. The summed E-state index contributed by atoms with van der Waals surface area (Å²) in [7, 11) is 0. The van der Waals surface area contributed by atoms with Crippen LogP contribution >= 0.6 is 11.8 Å². The Kier molecular flexibility index (Phi) is 5.79. The normalized spacial score (nSPS) is 32.4.